The first-order chi connectivity index (χ1) is 8.22. The van der Waals surface area contributed by atoms with Gasteiger partial charge in [-0.05, 0) is 44.7 Å². The standard InChI is InChI=1S/C13H18BrNO2/c1-10-6-7-12(17-10)13(16)15-9-3-5-11(15)4-2-8-14/h6-7,11H,2-5,8-9H2,1H3. The number of amides is 1. The summed E-state index contributed by atoms with van der Waals surface area (Å²) in [6, 6.07) is 4.01. The predicted molar refractivity (Wildman–Crippen MR) is 70.5 cm³/mol. The van der Waals surface area contributed by atoms with Crippen molar-refractivity contribution in [3.8, 4) is 0 Å². The fraction of sp³-hybridized carbons (Fsp3) is 0.615. The summed E-state index contributed by atoms with van der Waals surface area (Å²) in [5, 5.41) is 1.01. The number of carbonyl (C=O) groups excluding carboxylic acids is 1. The monoisotopic (exact) mass is 299 g/mol. The Hall–Kier alpha value is -0.770. The number of alkyl halides is 1. The summed E-state index contributed by atoms with van der Waals surface area (Å²) in [6.45, 7) is 2.73. The number of aryl methyl sites for hydroxylation is 1. The van der Waals surface area contributed by atoms with Crippen molar-refractivity contribution in [1.82, 2.24) is 4.90 Å². The number of rotatable bonds is 4. The second-order valence-corrected chi connectivity index (χ2v) is 5.33. The fourth-order valence-corrected chi connectivity index (χ4v) is 2.73. The van der Waals surface area contributed by atoms with E-state index in [-0.39, 0.29) is 5.91 Å². The number of hydrogen-bond donors (Lipinski definition) is 0. The lowest BCUT2D eigenvalue weighted by Crippen LogP contribution is -2.35. The van der Waals surface area contributed by atoms with Gasteiger partial charge < -0.3 is 9.32 Å². The van der Waals surface area contributed by atoms with Crippen molar-refractivity contribution in [2.24, 2.45) is 0 Å². The molecule has 1 aromatic rings. The van der Waals surface area contributed by atoms with Gasteiger partial charge in [0, 0.05) is 17.9 Å². The predicted octanol–water partition coefficient (Wildman–Crippen LogP) is 3.37. The first-order valence-corrected chi connectivity index (χ1v) is 7.28. The van der Waals surface area contributed by atoms with Crippen LogP contribution in [0.25, 0.3) is 0 Å². The molecule has 1 saturated heterocycles. The van der Waals surface area contributed by atoms with Gasteiger partial charge in [0.25, 0.3) is 5.91 Å². The molecular weight excluding hydrogens is 282 g/mol. The van der Waals surface area contributed by atoms with Crippen LogP contribution in [0.3, 0.4) is 0 Å². The summed E-state index contributed by atoms with van der Waals surface area (Å²) in [5.74, 6) is 1.33. The van der Waals surface area contributed by atoms with Crippen LogP contribution in [0.1, 0.15) is 42.0 Å². The topological polar surface area (TPSA) is 33.5 Å². The molecule has 0 saturated carbocycles. The van der Waals surface area contributed by atoms with Crippen molar-refractivity contribution in [3.05, 3.63) is 23.7 Å². The first kappa shape index (κ1) is 12.7. The molecule has 1 aromatic heterocycles. The van der Waals surface area contributed by atoms with Crippen LogP contribution in [0, 0.1) is 6.92 Å². The van der Waals surface area contributed by atoms with Crippen LogP contribution >= 0.6 is 15.9 Å². The van der Waals surface area contributed by atoms with Crippen molar-refractivity contribution in [2.45, 2.75) is 38.6 Å². The van der Waals surface area contributed by atoms with Crippen LogP contribution in [0.4, 0.5) is 0 Å². The number of halogens is 1. The zero-order valence-electron chi connectivity index (χ0n) is 10.1. The van der Waals surface area contributed by atoms with E-state index < -0.39 is 0 Å². The Morgan fingerprint density at radius 1 is 1.59 bits per heavy atom. The Morgan fingerprint density at radius 3 is 3.06 bits per heavy atom. The largest absolute Gasteiger partial charge is 0.456 e. The summed E-state index contributed by atoms with van der Waals surface area (Å²) in [4.78, 5) is 14.2. The summed E-state index contributed by atoms with van der Waals surface area (Å²) >= 11 is 3.44. The van der Waals surface area contributed by atoms with Crippen molar-refractivity contribution in [2.75, 3.05) is 11.9 Å². The van der Waals surface area contributed by atoms with E-state index in [9.17, 15) is 4.79 Å². The molecule has 94 valence electrons. The number of nitrogens with zero attached hydrogens (tertiary/aromatic N) is 1. The zero-order valence-corrected chi connectivity index (χ0v) is 11.7. The van der Waals surface area contributed by atoms with Crippen LogP contribution in [-0.2, 0) is 0 Å². The summed E-state index contributed by atoms with van der Waals surface area (Å²) in [5.41, 5.74) is 0. The van der Waals surface area contributed by atoms with Gasteiger partial charge >= 0.3 is 0 Å². The molecule has 1 fully saturated rings. The molecule has 3 nitrogen and oxygen atoms in total. The van der Waals surface area contributed by atoms with Crippen LogP contribution in [0.5, 0.6) is 0 Å². The maximum atomic E-state index is 12.3. The van der Waals surface area contributed by atoms with Gasteiger partial charge in [0.05, 0.1) is 0 Å². The molecule has 0 aromatic carbocycles. The van der Waals surface area contributed by atoms with Crippen LogP contribution in [-0.4, -0.2) is 28.7 Å². The van der Waals surface area contributed by atoms with Crippen molar-refractivity contribution >= 4 is 21.8 Å². The van der Waals surface area contributed by atoms with Gasteiger partial charge in [0.2, 0.25) is 0 Å². The lowest BCUT2D eigenvalue weighted by atomic mass is 10.1. The minimum Gasteiger partial charge on any atom is -0.456 e. The number of likely N-dealkylation sites (tertiary alicyclic amines) is 1. The third-order valence-electron chi connectivity index (χ3n) is 3.26. The van der Waals surface area contributed by atoms with E-state index in [1.807, 2.05) is 17.9 Å². The summed E-state index contributed by atoms with van der Waals surface area (Å²) in [7, 11) is 0. The van der Waals surface area contributed by atoms with Gasteiger partial charge in [-0.1, -0.05) is 15.9 Å². The molecule has 1 amide bonds. The second-order valence-electron chi connectivity index (χ2n) is 4.54. The van der Waals surface area contributed by atoms with Gasteiger partial charge in [0.1, 0.15) is 5.76 Å². The lowest BCUT2D eigenvalue weighted by Gasteiger charge is -2.23. The highest BCUT2D eigenvalue weighted by Crippen LogP contribution is 2.24. The minimum absolute atomic E-state index is 0.0511. The number of carbonyl (C=O) groups is 1. The normalized spacial score (nSPS) is 19.9. The molecule has 4 heteroatoms. The van der Waals surface area contributed by atoms with E-state index in [4.69, 9.17) is 4.42 Å². The molecule has 2 rings (SSSR count). The quantitative estimate of drug-likeness (QED) is 0.799. The third-order valence-corrected chi connectivity index (χ3v) is 3.82. The molecule has 0 aliphatic carbocycles. The summed E-state index contributed by atoms with van der Waals surface area (Å²) in [6.07, 6.45) is 4.43. The molecule has 0 radical (unpaired) electrons. The van der Waals surface area contributed by atoms with Gasteiger partial charge in [-0.2, -0.15) is 0 Å². The molecule has 17 heavy (non-hydrogen) atoms. The Morgan fingerprint density at radius 2 is 2.41 bits per heavy atom. The number of furan rings is 1. The average Bonchev–Trinajstić information content (AvgIpc) is 2.94. The molecule has 0 bridgehead atoms. The van der Waals surface area contributed by atoms with Crippen molar-refractivity contribution < 1.29 is 9.21 Å². The fourth-order valence-electron chi connectivity index (χ4n) is 2.41. The first-order valence-electron chi connectivity index (χ1n) is 6.15. The van der Waals surface area contributed by atoms with Crippen LogP contribution in [0.2, 0.25) is 0 Å². The molecule has 2 heterocycles. The lowest BCUT2D eigenvalue weighted by molar-refractivity contribution is 0.0696. The Bertz CT molecular complexity index is 389. The zero-order chi connectivity index (χ0) is 12.3. The van der Waals surface area contributed by atoms with Gasteiger partial charge in [-0.25, -0.2) is 0 Å². The second kappa shape index (κ2) is 5.71. The molecule has 1 unspecified atom stereocenters. The highest BCUT2D eigenvalue weighted by Gasteiger charge is 2.30. The van der Waals surface area contributed by atoms with E-state index in [0.29, 0.717) is 11.8 Å². The molecule has 1 atom stereocenters. The average molecular weight is 300 g/mol. The van der Waals surface area contributed by atoms with Crippen LogP contribution < -0.4 is 0 Å². The maximum absolute atomic E-state index is 12.3. The third kappa shape index (κ3) is 2.92. The van der Waals surface area contributed by atoms with E-state index in [1.165, 1.54) is 0 Å². The molecular formula is C13H18BrNO2. The van der Waals surface area contributed by atoms with E-state index in [1.54, 1.807) is 6.07 Å². The molecule has 1 aliphatic heterocycles. The van der Waals surface area contributed by atoms with E-state index >= 15 is 0 Å². The van der Waals surface area contributed by atoms with Crippen molar-refractivity contribution in [3.63, 3.8) is 0 Å². The Labute approximate surface area is 110 Å². The van der Waals surface area contributed by atoms with Gasteiger partial charge in [-0.15, -0.1) is 0 Å². The molecule has 0 spiro atoms. The molecule has 1 aliphatic rings. The minimum atomic E-state index is 0.0511. The number of hydrogen-bond acceptors (Lipinski definition) is 2. The van der Waals surface area contributed by atoms with E-state index in [0.717, 1.165) is 43.3 Å². The van der Waals surface area contributed by atoms with E-state index in [2.05, 4.69) is 15.9 Å². The van der Waals surface area contributed by atoms with Gasteiger partial charge in [0.15, 0.2) is 5.76 Å². The highest BCUT2D eigenvalue weighted by atomic mass is 79.9. The van der Waals surface area contributed by atoms with Gasteiger partial charge in [-0.3, -0.25) is 4.79 Å². The highest BCUT2D eigenvalue weighted by molar-refractivity contribution is 9.09. The summed E-state index contributed by atoms with van der Waals surface area (Å²) < 4.78 is 5.41. The van der Waals surface area contributed by atoms with Crippen molar-refractivity contribution in [1.29, 1.82) is 0 Å². The Kier molecular flexibility index (Phi) is 4.26. The smallest absolute Gasteiger partial charge is 0.289 e. The Balaban J connectivity index is 2.03. The van der Waals surface area contributed by atoms with Crippen LogP contribution in [0.15, 0.2) is 16.5 Å². The molecule has 0 N–H and O–H groups in total. The SMILES string of the molecule is Cc1ccc(C(=O)N2CCCC2CCCBr)o1. The maximum Gasteiger partial charge on any atom is 0.289 e.